The van der Waals surface area contributed by atoms with Gasteiger partial charge in [-0.3, -0.25) is 4.79 Å². The first-order chi connectivity index (χ1) is 14.7. The van der Waals surface area contributed by atoms with Gasteiger partial charge in [0.05, 0.1) is 18.8 Å². The SMILES string of the molecule is O=C(c1cc2ccccc2[nH]1)N1CCc2nc(NCC3(CO)CCOCC3)sc2C1. The lowest BCUT2D eigenvalue weighted by atomic mass is 9.81. The summed E-state index contributed by atoms with van der Waals surface area (Å²) in [5, 5.41) is 15.2. The van der Waals surface area contributed by atoms with Crippen molar-refractivity contribution in [3.05, 3.63) is 46.6 Å². The number of hydrogen-bond acceptors (Lipinski definition) is 6. The first-order valence-electron chi connectivity index (χ1n) is 10.4. The maximum absolute atomic E-state index is 13.0. The van der Waals surface area contributed by atoms with Crippen molar-refractivity contribution in [2.24, 2.45) is 5.41 Å². The fourth-order valence-electron chi connectivity index (χ4n) is 4.26. The number of hydrogen-bond donors (Lipinski definition) is 3. The largest absolute Gasteiger partial charge is 0.396 e. The van der Waals surface area contributed by atoms with E-state index in [1.165, 1.54) is 0 Å². The molecule has 7 nitrogen and oxygen atoms in total. The summed E-state index contributed by atoms with van der Waals surface area (Å²) in [6.45, 7) is 3.49. The second-order valence-corrected chi connectivity index (χ2v) is 9.34. The highest BCUT2D eigenvalue weighted by molar-refractivity contribution is 7.15. The van der Waals surface area contributed by atoms with Crippen LogP contribution in [-0.2, 0) is 17.7 Å². The highest BCUT2D eigenvalue weighted by atomic mass is 32.1. The zero-order valence-electron chi connectivity index (χ0n) is 16.8. The Hall–Kier alpha value is -2.42. The van der Waals surface area contributed by atoms with Crippen LogP contribution < -0.4 is 5.32 Å². The Morgan fingerprint density at radius 2 is 2.17 bits per heavy atom. The van der Waals surface area contributed by atoms with Gasteiger partial charge in [0.25, 0.3) is 5.91 Å². The second kappa shape index (κ2) is 8.02. The molecular weight excluding hydrogens is 400 g/mol. The molecule has 2 aromatic heterocycles. The molecule has 158 valence electrons. The van der Waals surface area contributed by atoms with Crippen LogP contribution in [0.25, 0.3) is 10.9 Å². The predicted octanol–water partition coefficient (Wildman–Crippen LogP) is 3.02. The fraction of sp³-hybridized carbons (Fsp3) is 0.455. The molecule has 0 atom stereocenters. The van der Waals surface area contributed by atoms with Gasteiger partial charge in [-0.05, 0) is 25.0 Å². The van der Waals surface area contributed by atoms with E-state index in [9.17, 15) is 9.90 Å². The number of rotatable bonds is 5. The molecule has 0 aliphatic carbocycles. The molecule has 0 radical (unpaired) electrons. The molecule has 0 unspecified atom stereocenters. The van der Waals surface area contributed by atoms with Gasteiger partial charge in [0.2, 0.25) is 0 Å². The van der Waals surface area contributed by atoms with Crippen LogP contribution in [0.3, 0.4) is 0 Å². The number of H-pyrrole nitrogens is 1. The maximum atomic E-state index is 13.0. The number of aliphatic hydroxyl groups excluding tert-OH is 1. The number of carbonyl (C=O) groups excluding carboxylic acids is 1. The lowest BCUT2D eigenvalue weighted by Crippen LogP contribution is -2.39. The van der Waals surface area contributed by atoms with E-state index in [0.29, 0.717) is 38.5 Å². The van der Waals surface area contributed by atoms with Crippen molar-refractivity contribution in [3.8, 4) is 0 Å². The van der Waals surface area contributed by atoms with Crippen molar-refractivity contribution in [2.45, 2.75) is 25.8 Å². The van der Waals surface area contributed by atoms with Crippen molar-refractivity contribution in [2.75, 3.05) is 38.2 Å². The van der Waals surface area contributed by atoms with Gasteiger partial charge in [-0.15, -0.1) is 0 Å². The number of thiazole rings is 1. The summed E-state index contributed by atoms with van der Waals surface area (Å²) in [4.78, 5) is 24.0. The third kappa shape index (κ3) is 3.71. The molecular formula is C22H26N4O3S. The van der Waals surface area contributed by atoms with Crippen LogP contribution in [0.5, 0.6) is 0 Å². The van der Waals surface area contributed by atoms with Gasteiger partial charge in [0.15, 0.2) is 5.13 Å². The van der Waals surface area contributed by atoms with Crippen molar-refractivity contribution in [1.82, 2.24) is 14.9 Å². The number of aliphatic hydroxyl groups is 1. The van der Waals surface area contributed by atoms with Gasteiger partial charge in [-0.1, -0.05) is 29.5 Å². The van der Waals surface area contributed by atoms with Crippen LogP contribution in [0.2, 0.25) is 0 Å². The summed E-state index contributed by atoms with van der Waals surface area (Å²) >= 11 is 1.62. The normalized spacial score (nSPS) is 18.4. The molecule has 8 heteroatoms. The number of anilines is 1. The minimum Gasteiger partial charge on any atom is -0.396 e. The Labute approximate surface area is 179 Å². The lowest BCUT2D eigenvalue weighted by molar-refractivity contribution is -0.00858. The highest BCUT2D eigenvalue weighted by Crippen LogP contribution is 2.33. The molecule has 0 spiro atoms. The predicted molar refractivity (Wildman–Crippen MR) is 117 cm³/mol. The standard InChI is InChI=1S/C22H26N4O3S/c27-14-22(6-9-29-10-7-22)13-23-21-25-17-5-8-26(12-19(17)30-21)20(28)18-11-15-3-1-2-4-16(15)24-18/h1-4,11,24,27H,5-10,12-14H2,(H,23,25). The Bertz CT molecular complexity index is 1020. The number of aromatic nitrogens is 2. The maximum Gasteiger partial charge on any atom is 0.270 e. The topological polar surface area (TPSA) is 90.5 Å². The molecule has 1 amide bonds. The number of amides is 1. The Morgan fingerprint density at radius 1 is 1.33 bits per heavy atom. The van der Waals surface area contributed by atoms with Gasteiger partial charge >= 0.3 is 0 Å². The Morgan fingerprint density at radius 3 is 2.97 bits per heavy atom. The first-order valence-corrected chi connectivity index (χ1v) is 11.3. The summed E-state index contributed by atoms with van der Waals surface area (Å²) in [7, 11) is 0. The molecule has 3 N–H and O–H groups in total. The average Bonchev–Trinajstić information content (AvgIpc) is 3.41. The number of benzene rings is 1. The lowest BCUT2D eigenvalue weighted by Gasteiger charge is -2.35. The van der Waals surface area contributed by atoms with Crippen LogP contribution in [0.4, 0.5) is 5.13 Å². The van der Waals surface area contributed by atoms with Crippen molar-refractivity contribution in [3.63, 3.8) is 0 Å². The van der Waals surface area contributed by atoms with E-state index in [1.807, 2.05) is 35.2 Å². The molecule has 3 aromatic rings. The van der Waals surface area contributed by atoms with E-state index in [2.05, 4.69) is 10.3 Å². The van der Waals surface area contributed by atoms with Crippen molar-refractivity contribution < 1.29 is 14.6 Å². The van der Waals surface area contributed by atoms with Crippen LogP contribution >= 0.6 is 11.3 Å². The Kier molecular flexibility index (Phi) is 5.22. The summed E-state index contributed by atoms with van der Waals surface area (Å²) in [5.74, 6) is 0.0289. The second-order valence-electron chi connectivity index (χ2n) is 8.26. The zero-order chi connectivity index (χ0) is 20.6. The monoisotopic (exact) mass is 426 g/mol. The highest BCUT2D eigenvalue weighted by Gasteiger charge is 2.32. The number of carbonyl (C=O) groups is 1. The van der Waals surface area contributed by atoms with E-state index in [4.69, 9.17) is 9.72 Å². The zero-order valence-corrected chi connectivity index (χ0v) is 17.6. The van der Waals surface area contributed by atoms with E-state index in [1.54, 1.807) is 11.3 Å². The molecule has 4 heterocycles. The van der Waals surface area contributed by atoms with Crippen LogP contribution in [0.1, 0.15) is 33.9 Å². The minimum absolute atomic E-state index is 0.0289. The van der Waals surface area contributed by atoms with E-state index in [0.717, 1.165) is 45.9 Å². The average molecular weight is 427 g/mol. The molecule has 2 aliphatic heterocycles. The molecule has 5 rings (SSSR count). The van der Waals surface area contributed by atoms with Gasteiger partial charge in [-0.25, -0.2) is 4.98 Å². The van der Waals surface area contributed by atoms with E-state index in [-0.39, 0.29) is 17.9 Å². The van der Waals surface area contributed by atoms with Crippen molar-refractivity contribution in [1.29, 1.82) is 0 Å². The molecule has 2 aliphatic rings. The molecule has 30 heavy (non-hydrogen) atoms. The smallest absolute Gasteiger partial charge is 0.270 e. The molecule has 0 bridgehead atoms. The third-order valence-electron chi connectivity index (χ3n) is 6.28. The van der Waals surface area contributed by atoms with Crippen LogP contribution in [0.15, 0.2) is 30.3 Å². The number of aromatic amines is 1. The van der Waals surface area contributed by atoms with Gasteiger partial charge in [0.1, 0.15) is 5.69 Å². The number of ether oxygens (including phenoxy) is 1. The van der Waals surface area contributed by atoms with Crippen LogP contribution in [0, 0.1) is 5.41 Å². The minimum atomic E-state index is -0.137. The summed E-state index contributed by atoms with van der Waals surface area (Å²) in [6, 6.07) is 9.86. The summed E-state index contributed by atoms with van der Waals surface area (Å²) in [5.41, 5.74) is 2.55. The number of nitrogens with one attached hydrogen (secondary N) is 2. The summed E-state index contributed by atoms with van der Waals surface area (Å²) in [6.07, 6.45) is 2.47. The molecule has 1 saturated heterocycles. The van der Waals surface area contributed by atoms with Gasteiger partial charge < -0.3 is 25.0 Å². The quantitative estimate of drug-likeness (QED) is 0.583. The van der Waals surface area contributed by atoms with E-state index >= 15 is 0 Å². The number of nitrogens with zero attached hydrogens (tertiary/aromatic N) is 2. The third-order valence-corrected chi connectivity index (χ3v) is 7.32. The van der Waals surface area contributed by atoms with E-state index < -0.39 is 0 Å². The van der Waals surface area contributed by atoms with Crippen molar-refractivity contribution >= 4 is 33.3 Å². The summed E-state index contributed by atoms with van der Waals surface area (Å²) < 4.78 is 5.44. The number of para-hydroxylation sites is 1. The molecule has 1 fully saturated rings. The fourth-order valence-corrected chi connectivity index (χ4v) is 5.28. The number of fused-ring (bicyclic) bond motifs is 2. The first kappa shape index (κ1) is 19.5. The molecule has 0 saturated carbocycles. The Balaban J connectivity index is 1.26. The van der Waals surface area contributed by atoms with Gasteiger partial charge in [0, 0.05) is 53.9 Å². The van der Waals surface area contributed by atoms with Crippen LogP contribution in [-0.4, -0.2) is 58.8 Å². The van der Waals surface area contributed by atoms with Gasteiger partial charge in [-0.2, -0.15) is 0 Å². The molecule has 1 aromatic carbocycles.